The van der Waals surface area contributed by atoms with Crippen LogP contribution in [0.15, 0.2) is 104 Å². The zero-order valence-electron chi connectivity index (χ0n) is 75.9. The number of carboxylic acid groups (broad SMARTS) is 1. The zero-order chi connectivity index (χ0) is 95.4. The number of imidazole rings is 1. The Morgan fingerprint density at radius 1 is 0.546 bits per heavy atom. The van der Waals surface area contributed by atoms with Gasteiger partial charge in [-0.1, -0.05) is 120 Å². The van der Waals surface area contributed by atoms with Gasteiger partial charge in [0.15, 0.2) is 0 Å². The van der Waals surface area contributed by atoms with Crippen LogP contribution in [0.2, 0.25) is 0 Å². The summed E-state index contributed by atoms with van der Waals surface area (Å²) in [6, 6.07) is 7.20. The molecule has 7 rings (SSSR count). The number of amides is 16. The first-order valence-electron chi connectivity index (χ1n) is 44.1. The van der Waals surface area contributed by atoms with E-state index in [9.17, 15) is 62.6 Å². The molecule has 708 valence electrons. The lowest BCUT2D eigenvalue weighted by Crippen LogP contribution is -2.61. The molecule has 0 spiro atoms. The molecule has 6 aromatic rings. The van der Waals surface area contributed by atoms with Crippen LogP contribution in [-0.4, -0.2) is 295 Å². The van der Waals surface area contributed by atoms with Crippen molar-refractivity contribution in [3.63, 3.8) is 0 Å². The smallest absolute Gasteiger partial charge is 0.303 e. The molecule has 40 heteroatoms. The van der Waals surface area contributed by atoms with Gasteiger partial charge in [-0.2, -0.15) is 0 Å². The van der Waals surface area contributed by atoms with Crippen molar-refractivity contribution in [1.82, 2.24) is 97.6 Å². The van der Waals surface area contributed by atoms with Gasteiger partial charge in [-0.3, -0.25) is 81.5 Å². The molecular formula is C90H129N21O18S. The van der Waals surface area contributed by atoms with E-state index in [1.54, 1.807) is 91.3 Å². The number of carbonyl (C=O) groups is 17. The normalized spacial score (nSPS) is 15.0. The van der Waals surface area contributed by atoms with Gasteiger partial charge in [-0.15, -0.1) is 11.8 Å². The van der Waals surface area contributed by atoms with Crippen LogP contribution in [0.5, 0.6) is 0 Å². The number of hydrogen-bond donors (Lipinski definition) is 16. The zero-order valence-corrected chi connectivity index (χ0v) is 76.7. The standard InChI is InChI=1S/C90H129N21O18S/c1-12-14-33-72(85(124)102-64(32-23-24-38-91)81(120)106-71(80(119)97-48-75(92)113)50-130-51-77(115)100-69(41-56-26-17-16-18-27-56)88(127)108(9)54(5)79(118)93-7)109(10)90(129)74(34-15-13-2)110(11)89(128)70(43-58-46-96-63-31-22-20-29-61(58)63)105-82(121)65(36-37-78(116)117)101-83(122)66(42-57-45-95-62-30-21-19-28-60(57)62)99-76(114)49-107(8)87(126)68(40-53(3)4)104-84(123)67(44-59-47-94-52-98-59)103-86(125)73-35-25-39-111(73)55(6)112/h16-22,26-31,45-47,52-54,64-74,95-96H,12-15,23-25,32-44,48-51,91H2,1-11H3,(H2,92,113)(H,93,118)(H,94,98)(H,97,119)(H,99,114)(H,100,115)(H,101,122)(H,102,124)(H,103,125)(H,104,123)(H,105,121)(H,106,120)(H,116,117)/t54-,64-,65-,66-,67-,68-,69-,70-,71-,72-,73-,74-/m0/s1. The lowest BCUT2D eigenvalue weighted by molar-refractivity contribution is -0.149. The van der Waals surface area contributed by atoms with E-state index < -0.39 is 193 Å². The molecule has 1 aliphatic rings. The third kappa shape index (κ3) is 31.3. The van der Waals surface area contributed by atoms with Gasteiger partial charge in [-0.25, -0.2) is 4.98 Å². The average molecular weight is 1830 g/mol. The Morgan fingerprint density at radius 3 is 1.65 bits per heavy atom. The maximum absolute atomic E-state index is 15.8. The Morgan fingerprint density at radius 2 is 1.08 bits per heavy atom. The molecule has 16 amide bonds. The van der Waals surface area contributed by atoms with Crippen LogP contribution in [0.25, 0.3) is 21.8 Å². The van der Waals surface area contributed by atoms with Crippen LogP contribution >= 0.6 is 11.8 Å². The van der Waals surface area contributed by atoms with E-state index in [0.717, 1.165) is 21.6 Å². The van der Waals surface area contributed by atoms with Gasteiger partial charge < -0.3 is 109 Å². The second-order valence-electron chi connectivity index (χ2n) is 33.3. The molecule has 1 aliphatic heterocycles. The Bertz CT molecular complexity index is 4870. The van der Waals surface area contributed by atoms with E-state index in [1.807, 2.05) is 27.7 Å². The highest BCUT2D eigenvalue weighted by atomic mass is 32.2. The van der Waals surface area contributed by atoms with Gasteiger partial charge in [0.2, 0.25) is 94.5 Å². The number of nitrogens with zero attached hydrogens (tertiary/aromatic N) is 6. The lowest BCUT2D eigenvalue weighted by Gasteiger charge is -2.36. The second kappa shape index (κ2) is 52.0. The summed E-state index contributed by atoms with van der Waals surface area (Å²) in [4.78, 5) is 260. The van der Waals surface area contributed by atoms with Gasteiger partial charge >= 0.3 is 5.97 Å². The summed E-state index contributed by atoms with van der Waals surface area (Å²) < 4.78 is 0. The van der Waals surface area contributed by atoms with Crippen molar-refractivity contribution < 1.29 is 86.6 Å². The van der Waals surface area contributed by atoms with Crippen LogP contribution in [0.3, 0.4) is 0 Å². The molecule has 12 atom stereocenters. The number of fused-ring (bicyclic) bond motifs is 2. The number of H-pyrrole nitrogens is 3. The van der Waals surface area contributed by atoms with Crippen molar-refractivity contribution in [3.05, 3.63) is 126 Å². The maximum Gasteiger partial charge on any atom is 0.303 e. The predicted octanol–water partition coefficient (Wildman–Crippen LogP) is 0.992. The second-order valence-corrected chi connectivity index (χ2v) is 34.3. The van der Waals surface area contributed by atoms with E-state index in [1.165, 1.54) is 76.3 Å². The molecule has 18 N–H and O–H groups in total. The molecule has 0 saturated carbocycles. The molecule has 3 aromatic carbocycles. The minimum atomic E-state index is -1.75. The Kier molecular flexibility index (Phi) is 41.8. The van der Waals surface area contributed by atoms with E-state index in [4.69, 9.17) is 11.5 Å². The molecule has 4 heterocycles. The molecule has 0 aliphatic carbocycles. The van der Waals surface area contributed by atoms with Crippen LogP contribution < -0.4 is 64.6 Å². The third-order valence-corrected chi connectivity index (χ3v) is 23.9. The fraction of sp³-hybridized carbons (Fsp3) is 0.533. The van der Waals surface area contributed by atoms with Crippen molar-refractivity contribution in [1.29, 1.82) is 0 Å². The molecule has 0 unspecified atom stereocenters. The first-order chi connectivity index (χ1) is 62.0. The van der Waals surface area contributed by atoms with E-state index in [2.05, 4.69) is 73.1 Å². The summed E-state index contributed by atoms with van der Waals surface area (Å²) >= 11 is 0.894. The fourth-order valence-corrected chi connectivity index (χ4v) is 16.4. The molecule has 1 fully saturated rings. The number of aromatic nitrogens is 4. The van der Waals surface area contributed by atoms with Crippen molar-refractivity contribution in [3.8, 4) is 0 Å². The van der Waals surface area contributed by atoms with Crippen molar-refractivity contribution in [2.45, 2.75) is 230 Å². The van der Waals surface area contributed by atoms with Crippen LogP contribution in [0, 0.1) is 5.92 Å². The minimum absolute atomic E-state index is 0.0155. The number of carboxylic acids is 1. The van der Waals surface area contributed by atoms with Crippen molar-refractivity contribution >= 4 is 134 Å². The Hall–Kier alpha value is -12.8. The fourth-order valence-electron chi connectivity index (χ4n) is 15.5. The highest BCUT2D eigenvalue weighted by Crippen LogP contribution is 2.26. The number of nitrogens with one attached hydrogen (secondary N) is 13. The maximum atomic E-state index is 15.8. The lowest BCUT2D eigenvalue weighted by atomic mass is 9.99. The van der Waals surface area contributed by atoms with Crippen LogP contribution in [0.1, 0.15) is 154 Å². The Labute approximate surface area is 760 Å². The molecule has 3 aromatic heterocycles. The largest absolute Gasteiger partial charge is 0.481 e. The van der Waals surface area contributed by atoms with Crippen molar-refractivity contribution in [2.24, 2.45) is 17.4 Å². The number of likely N-dealkylation sites (N-methyl/N-ethyl adjacent to an activating group) is 5. The van der Waals surface area contributed by atoms with E-state index in [-0.39, 0.29) is 87.7 Å². The number of likely N-dealkylation sites (tertiary alicyclic amines) is 1. The Balaban J connectivity index is 1.13. The highest BCUT2D eigenvalue weighted by Gasteiger charge is 2.42. The third-order valence-electron chi connectivity index (χ3n) is 22.9. The van der Waals surface area contributed by atoms with Gasteiger partial charge in [0, 0.05) is 133 Å². The number of thioether (sulfide) groups is 1. The monoisotopic (exact) mass is 1820 g/mol. The molecule has 130 heavy (non-hydrogen) atoms. The number of para-hydroxylation sites is 2. The van der Waals surface area contributed by atoms with Crippen LogP contribution in [-0.2, 0) is 107 Å². The van der Waals surface area contributed by atoms with E-state index in [0.29, 0.717) is 95.7 Å². The summed E-state index contributed by atoms with van der Waals surface area (Å²) in [5.41, 5.74) is 14.9. The number of nitrogens with two attached hydrogens (primary N) is 2. The van der Waals surface area contributed by atoms with Gasteiger partial charge in [0.1, 0.15) is 72.5 Å². The van der Waals surface area contributed by atoms with E-state index >= 15 is 24.0 Å². The average Bonchev–Trinajstić information content (AvgIpc) is 1.32. The number of carbonyl (C=O) groups excluding carboxylic acids is 16. The predicted molar refractivity (Wildman–Crippen MR) is 487 cm³/mol. The SMILES string of the molecule is CCCC[C@@H](C(=O)N(C)[C@@H](CCCC)C(=O)N[C@@H](CCCCN)C(=O)N[C@@H](CSCC(=O)N[C@@H](Cc1ccccc1)C(=O)N(C)[C@@H](C)C(=O)NC)C(=O)NCC(N)=O)N(C)C(=O)[C@H](Cc1c[nH]c2ccccc12)NC(=O)[C@H](CCC(=O)O)NC(=O)[C@H](Cc1c[nH]c2ccccc12)NC(=O)CN(C)C(=O)[C@H](CC(C)C)NC(=O)[C@H](Cc1cnc[nH]1)NC(=O)[C@@H]1CCCN1C(C)=O. The minimum Gasteiger partial charge on any atom is -0.481 e. The summed E-state index contributed by atoms with van der Waals surface area (Å²) in [5.74, 6) is -14.2. The van der Waals surface area contributed by atoms with Crippen molar-refractivity contribution in [2.75, 3.05) is 72.9 Å². The molecule has 0 radical (unpaired) electrons. The summed E-state index contributed by atoms with van der Waals surface area (Å²) in [5, 5.41) is 38.4. The number of rotatable bonds is 54. The van der Waals surface area contributed by atoms with Gasteiger partial charge in [0.25, 0.3) is 0 Å². The molecule has 1 saturated heterocycles. The quantitative estimate of drug-likeness (QED) is 0.0237. The first-order valence-corrected chi connectivity index (χ1v) is 45.3. The molecular weight excluding hydrogens is 1700 g/mol. The summed E-state index contributed by atoms with van der Waals surface area (Å²) in [6.07, 6.45) is 7.76. The highest BCUT2D eigenvalue weighted by molar-refractivity contribution is 8.00. The number of hydrogen-bond acceptors (Lipinski definition) is 20. The number of aromatic amines is 3. The summed E-state index contributed by atoms with van der Waals surface area (Å²) in [6.45, 7) is 9.44. The number of primary amides is 1. The number of aliphatic carboxylic acids is 1. The molecule has 0 bridgehead atoms. The number of unbranched alkanes of at least 4 members (excludes halogenated alkanes) is 3. The van der Waals surface area contributed by atoms with Gasteiger partial charge in [-0.05, 0) is 106 Å². The topological polar surface area (TPSA) is 559 Å². The van der Waals surface area contributed by atoms with Gasteiger partial charge in [0.05, 0.1) is 25.2 Å². The molecule has 39 nitrogen and oxygen atoms in total. The van der Waals surface area contributed by atoms with Crippen LogP contribution in [0.4, 0.5) is 0 Å². The number of benzene rings is 3. The summed E-state index contributed by atoms with van der Waals surface area (Å²) in [7, 11) is 6.92. The first kappa shape index (κ1) is 104.